The Hall–Kier alpha value is -1.59. The largest absolute Gasteiger partial charge is 0.480 e. The van der Waals surface area contributed by atoms with Gasteiger partial charge in [0.15, 0.2) is 0 Å². The van der Waals surface area contributed by atoms with E-state index < -0.39 is 23.8 Å². The Bertz CT molecular complexity index is 462. The van der Waals surface area contributed by atoms with Crippen LogP contribution in [0.5, 0.6) is 0 Å². The van der Waals surface area contributed by atoms with Gasteiger partial charge in [-0.2, -0.15) is 0 Å². The zero-order valence-electron chi connectivity index (χ0n) is 8.47. The minimum Gasteiger partial charge on any atom is -0.480 e. The summed E-state index contributed by atoms with van der Waals surface area (Å²) in [4.78, 5) is 10.9. The van der Waals surface area contributed by atoms with Crippen LogP contribution in [-0.2, 0) is 10.4 Å². The number of benzene rings is 1. The first-order valence-corrected chi connectivity index (χ1v) is 5.18. The third-order valence-electron chi connectivity index (χ3n) is 3.35. The van der Waals surface area contributed by atoms with Gasteiger partial charge in [0.25, 0.3) is 0 Å². The summed E-state index contributed by atoms with van der Waals surface area (Å²) < 4.78 is 0. The van der Waals surface area contributed by atoms with Gasteiger partial charge in [-0.15, -0.1) is 0 Å². The monoisotopic (exact) mass is 220 g/mol. The van der Waals surface area contributed by atoms with Gasteiger partial charge in [0, 0.05) is 17.7 Å². The molecule has 1 aromatic carbocycles. The first-order chi connectivity index (χ1) is 7.61. The van der Waals surface area contributed by atoms with Crippen LogP contribution in [0.3, 0.4) is 0 Å². The minimum absolute atomic E-state index is 0.191. The zero-order chi connectivity index (χ0) is 11.3. The van der Waals surface area contributed by atoms with E-state index in [2.05, 4.69) is 10.6 Å². The SMILES string of the molecule is O=C(O)[C@@H]1C[C@@]2(O)c3ccccc3N[C@H]2N1. The van der Waals surface area contributed by atoms with Crippen molar-refractivity contribution in [3.05, 3.63) is 29.8 Å². The maximum atomic E-state index is 10.9. The third kappa shape index (κ3) is 1.10. The molecule has 0 amide bonds. The highest BCUT2D eigenvalue weighted by molar-refractivity contribution is 5.76. The van der Waals surface area contributed by atoms with Crippen molar-refractivity contribution < 1.29 is 15.0 Å². The molecular weight excluding hydrogens is 208 g/mol. The van der Waals surface area contributed by atoms with Gasteiger partial charge in [0.1, 0.15) is 17.8 Å². The molecule has 0 aliphatic carbocycles. The van der Waals surface area contributed by atoms with Crippen LogP contribution in [0.25, 0.3) is 0 Å². The molecule has 0 saturated carbocycles. The van der Waals surface area contributed by atoms with Gasteiger partial charge in [0.05, 0.1) is 0 Å². The standard InChI is InChI=1S/C11H12N2O3/c14-9(15)8-5-11(16)6-3-1-2-4-7(6)12-10(11)13-8/h1-4,8,10,12-13,16H,5H2,(H,14,15)/t8-,10-,11+/m0/s1. The van der Waals surface area contributed by atoms with E-state index in [0.29, 0.717) is 0 Å². The van der Waals surface area contributed by atoms with Crippen molar-refractivity contribution in [1.29, 1.82) is 0 Å². The number of fused-ring (bicyclic) bond motifs is 3. The predicted octanol–water partition coefficient (Wildman–Crippen LogP) is 0.0723. The molecule has 0 radical (unpaired) electrons. The summed E-state index contributed by atoms with van der Waals surface area (Å²) in [7, 11) is 0. The van der Waals surface area contributed by atoms with E-state index in [-0.39, 0.29) is 6.42 Å². The number of anilines is 1. The van der Waals surface area contributed by atoms with Crippen LogP contribution in [-0.4, -0.2) is 28.4 Å². The van der Waals surface area contributed by atoms with E-state index in [0.717, 1.165) is 11.3 Å². The lowest BCUT2D eigenvalue weighted by Gasteiger charge is -2.21. The average Bonchev–Trinajstić information content (AvgIpc) is 2.69. The smallest absolute Gasteiger partial charge is 0.320 e. The van der Waals surface area contributed by atoms with Crippen LogP contribution in [0.1, 0.15) is 12.0 Å². The number of carbonyl (C=O) groups is 1. The molecule has 0 aromatic heterocycles. The predicted molar refractivity (Wildman–Crippen MR) is 56.9 cm³/mol. The molecule has 2 aliphatic rings. The van der Waals surface area contributed by atoms with Gasteiger partial charge in [0.2, 0.25) is 0 Å². The molecule has 0 unspecified atom stereocenters. The van der Waals surface area contributed by atoms with Crippen LogP contribution in [0.2, 0.25) is 0 Å². The molecule has 1 aromatic rings. The normalized spacial score (nSPS) is 35.3. The maximum Gasteiger partial charge on any atom is 0.320 e. The second kappa shape index (κ2) is 2.96. The number of hydrogen-bond acceptors (Lipinski definition) is 4. The van der Waals surface area contributed by atoms with E-state index >= 15 is 0 Å². The van der Waals surface area contributed by atoms with E-state index in [1.807, 2.05) is 24.3 Å². The Morgan fingerprint density at radius 2 is 2.19 bits per heavy atom. The number of nitrogens with one attached hydrogen (secondary N) is 2. The molecular formula is C11H12N2O3. The van der Waals surface area contributed by atoms with Crippen molar-refractivity contribution in [2.75, 3.05) is 5.32 Å². The van der Waals surface area contributed by atoms with Crippen molar-refractivity contribution in [2.45, 2.75) is 24.2 Å². The first kappa shape index (κ1) is 9.62. The Labute approximate surface area is 92.1 Å². The molecule has 1 saturated heterocycles. The lowest BCUT2D eigenvalue weighted by atomic mass is 9.91. The fraction of sp³-hybridized carbons (Fsp3) is 0.364. The Balaban J connectivity index is 2.01. The van der Waals surface area contributed by atoms with Gasteiger partial charge >= 0.3 is 5.97 Å². The number of carboxylic acid groups (broad SMARTS) is 1. The van der Waals surface area contributed by atoms with Crippen LogP contribution >= 0.6 is 0 Å². The highest BCUT2D eigenvalue weighted by atomic mass is 16.4. The van der Waals surface area contributed by atoms with Gasteiger partial charge in [-0.1, -0.05) is 18.2 Å². The molecule has 16 heavy (non-hydrogen) atoms. The van der Waals surface area contributed by atoms with Crippen molar-refractivity contribution in [2.24, 2.45) is 0 Å². The third-order valence-corrected chi connectivity index (χ3v) is 3.35. The number of aliphatic carboxylic acids is 1. The molecule has 5 nitrogen and oxygen atoms in total. The molecule has 84 valence electrons. The molecule has 2 heterocycles. The van der Waals surface area contributed by atoms with Crippen molar-refractivity contribution >= 4 is 11.7 Å². The minimum atomic E-state index is -1.11. The topological polar surface area (TPSA) is 81.6 Å². The van der Waals surface area contributed by atoms with Gasteiger partial charge in [-0.3, -0.25) is 10.1 Å². The van der Waals surface area contributed by atoms with Crippen LogP contribution in [0.4, 0.5) is 5.69 Å². The van der Waals surface area contributed by atoms with Crippen molar-refractivity contribution in [3.8, 4) is 0 Å². The van der Waals surface area contributed by atoms with Crippen LogP contribution in [0, 0.1) is 0 Å². The molecule has 0 bridgehead atoms. The lowest BCUT2D eigenvalue weighted by Crippen LogP contribution is -2.42. The molecule has 5 heteroatoms. The number of para-hydroxylation sites is 1. The van der Waals surface area contributed by atoms with Crippen molar-refractivity contribution in [3.63, 3.8) is 0 Å². The van der Waals surface area contributed by atoms with E-state index in [4.69, 9.17) is 5.11 Å². The Morgan fingerprint density at radius 3 is 2.94 bits per heavy atom. The van der Waals surface area contributed by atoms with Gasteiger partial charge in [-0.05, 0) is 6.07 Å². The summed E-state index contributed by atoms with van der Waals surface area (Å²) in [6.07, 6.45) is -0.220. The summed E-state index contributed by atoms with van der Waals surface area (Å²) in [5, 5.41) is 25.4. The highest BCUT2D eigenvalue weighted by Crippen LogP contribution is 2.44. The molecule has 2 aliphatic heterocycles. The number of carboxylic acids is 1. The van der Waals surface area contributed by atoms with E-state index in [1.165, 1.54) is 0 Å². The van der Waals surface area contributed by atoms with Gasteiger partial charge < -0.3 is 15.5 Å². The van der Waals surface area contributed by atoms with E-state index in [9.17, 15) is 9.90 Å². The number of aliphatic hydroxyl groups is 1. The van der Waals surface area contributed by atoms with Crippen LogP contribution in [0.15, 0.2) is 24.3 Å². The average molecular weight is 220 g/mol. The second-order valence-corrected chi connectivity index (χ2v) is 4.31. The number of hydrogen-bond donors (Lipinski definition) is 4. The molecule has 1 fully saturated rings. The second-order valence-electron chi connectivity index (χ2n) is 4.31. The number of rotatable bonds is 1. The molecule has 3 rings (SSSR count). The zero-order valence-corrected chi connectivity index (χ0v) is 8.47. The fourth-order valence-corrected chi connectivity index (χ4v) is 2.55. The lowest BCUT2D eigenvalue weighted by molar-refractivity contribution is -0.139. The quantitative estimate of drug-likeness (QED) is 0.538. The Morgan fingerprint density at radius 1 is 1.44 bits per heavy atom. The van der Waals surface area contributed by atoms with Gasteiger partial charge in [-0.25, -0.2) is 0 Å². The summed E-state index contributed by atoms with van der Waals surface area (Å²) in [5.74, 6) is -0.929. The Kier molecular flexibility index (Phi) is 1.78. The highest BCUT2D eigenvalue weighted by Gasteiger charge is 2.53. The van der Waals surface area contributed by atoms with E-state index in [1.54, 1.807) is 0 Å². The maximum absolute atomic E-state index is 10.9. The first-order valence-electron chi connectivity index (χ1n) is 5.18. The molecule has 3 atom stereocenters. The molecule has 0 spiro atoms. The fourth-order valence-electron chi connectivity index (χ4n) is 2.55. The van der Waals surface area contributed by atoms with Crippen LogP contribution < -0.4 is 10.6 Å². The summed E-state index contributed by atoms with van der Waals surface area (Å²) >= 11 is 0. The summed E-state index contributed by atoms with van der Waals surface area (Å²) in [5.41, 5.74) is 0.530. The van der Waals surface area contributed by atoms with Crippen molar-refractivity contribution in [1.82, 2.24) is 5.32 Å². The summed E-state index contributed by atoms with van der Waals surface area (Å²) in [6.45, 7) is 0. The molecule has 4 N–H and O–H groups in total. The summed E-state index contributed by atoms with van der Waals surface area (Å²) in [6, 6.07) is 6.73.